The van der Waals surface area contributed by atoms with E-state index in [1.807, 2.05) is 0 Å². The Bertz CT molecular complexity index is 699. The van der Waals surface area contributed by atoms with Crippen LogP contribution in [0.2, 0.25) is 0 Å². The van der Waals surface area contributed by atoms with E-state index in [9.17, 15) is 18.0 Å². The topological polar surface area (TPSA) is 42.0 Å². The Morgan fingerprint density at radius 1 is 1.23 bits per heavy atom. The van der Waals surface area contributed by atoms with Crippen LogP contribution in [0.4, 0.5) is 18.9 Å². The molecule has 0 saturated heterocycles. The molecule has 22 heavy (non-hydrogen) atoms. The van der Waals surface area contributed by atoms with Gasteiger partial charge in [-0.1, -0.05) is 22.0 Å². The summed E-state index contributed by atoms with van der Waals surface area (Å²) in [7, 11) is 0. The van der Waals surface area contributed by atoms with E-state index in [-0.39, 0.29) is 5.70 Å². The van der Waals surface area contributed by atoms with Crippen LogP contribution in [0, 0.1) is 0 Å². The van der Waals surface area contributed by atoms with Gasteiger partial charge >= 0.3 is 6.18 Å². The number of halogens is 4. The van der Waals surface area contributed by atoms with Gasteiger partial charge in [0.1, 0.15) is 0 Å². The maximum absolute atomic E-state index is 12.5. The Morgan fingerprint density at radius 2 is 2.00 bits per heavy atom. The van der Waals surface area contributed by atoms with Gasteiger partial charge in [-0.25, -0.2) is 0 Å². The van der Waals surface area contributed by atoms with E-state index < -0.39 is 12.0 Å². The molecule has 3 nitrogen and oxygen atoms in total. The van der Waals surface area contributed by atoms with E-state index in [0.717, 1.165) is 4.47 Å². The van der Waals surface area contributed by atoms with Crippen LogP contribution in [0.5, 0.6) is 0 Å². The van der Waals surface area contributed by atoms with Gasteiger partial charge in [-0.3, -0.25) is 9.78 Å². The van der Waals surface area contributed by atoms with E-state index in [2.05, 4.69) is 26.2 Å². The Labute approximate surface area is 133 Å². The SMILES string of the molecule is O=C(/C=C(\Nc1cccc(Br)c1)c1cccnc1)C(F)(F)F. The van der Waals surface area contributed by atoms with Gasteiger partial charge in [0.15, 0.2) is 0 Å². The third-order valence-electron chi connectivity index (χ3n) is 2.63. The Kier molecular flexibility index (Phi) is 4.97. The molecule has 0 bridgehead atoms. The number of ketones is 1. The zero-order valence-corrected chi connectivity index (χ0v) is 12.6. The van der Waals surface area contributed by atoms with Crippen molar-refractivity contribution in [2.75, 3.05) is 5.32 Å². The zero-order valence-electron chi connectivity index (χ0n) is 11.1. The highest BCUT2D eigenvalue weighted by atomic mass is 79.9. The van der Waals surface area contributed by atoms with Gasteiger partial charge in [0.05, 0.1) is 5.70 Å². The summed E-state index contributed by atoms with van der Waals surface area (Å²) in [5.41, 5.74) is 0.938. The molecule has 1 N–H and O–H groups in total. The van der Waals surface area contributed by atoms with Gasteiger partial charge < -0.3 is 5.32 Å². The molecule has 0 fully saturated rings. The van der Waals surface area contributed by atoms with E-state index >= 15 is 0 Å². The average Bonchev–Trinajstić information content (AvgIpc) is 2.46. The summed E-state index contributed by atoms with van der Waals surface area (Å²) in [6, 6.07) is 9.99. The molecule has 0 saturated carbocycles. The largest absolute Gasteiger partial charge is 0.454 e. The second-order valence-electron chi connectivity index (χ2n) is 4.30. The van der Waals surface area contributed by atoms with Gasteiger partial charge in [0.2, 0.25) is 0 Å². The Hall–Kier alpha value is -2.15. The predicted molar refractivity (Wildman–Crippen MR) is 81.0 cm³/mol. The lowest BCUT2D eigenvalue weighted by atomic mass is 10.1. The van der Waals surface area contributed by atoms with Gasteiger partial charge in [0.25, 0.3) is 5.78 Å². The van der Waals surface area contributed by atoms with Crippen molar-refractivity contribution >= 4 is 33.1 Å². The number of hydrogen-bond acceptors (Lipinski definition) is 3. The average molecular weight is 371 g/mol. The Balaban J connectivity index is 2.38. The number of nitrogens with zero attached hydrogens (tertiary/aromatic N) is 1. The maximum Gasteiger partial charge on any atom is 0.454 e. The number of carbonyl (C=O) groups excluding carboxylic acids is 1. The number of carbonyl (C=O) groups is 1. The lowest BCUT2D eigenvalue weighted by molar-refractivity contribution is -0.165. The lowest BCUT2D eigenvalue weighted by Crippen LogP contribution is -2.21. The Morgan fingerprint density at radius 3 is 2.59 bits per heavy atom. The molecule has 2 aromatic rings. The zero-order chi connectivity index (χ0) is 16.2. The lowest BCUT2D eigenvalue weighted by Gasteiger charge is -2.12. The van der Waals surface area contributed by atoms with Crippen LogP contribution in [-0.2, 0) is 4.79 Å². The third-order valence-corrected chi connectivity index (χ3v) is 3.12. The molecule has 0 aliphatic carbocycles. The van der Waals surface area contributed by atoms with E-state index in [4.69, 9.17) is 0 Å². The van der Waals surface area contributed by atoms with Crippen molar-refractivity contribution in [1.82, 2.24) is 4.98 Å². The minimum atomic E-state index is -4.92. The third kappa shape index (κ3) is 4.42. The summed E-state index contributed by atoms with van der Waals surface area (Å²) in [6.07, 6.45) is -1.53. The van der Waals surface area contributed by atoms with Crippen molar-refractivity contribution in [1.29, 1.82) is 0 Å². The maximum atomic E-state index is 12.5. The standard InChI is InChI=1S/C15H10BrF3N2O/c16-11-4-1-5-12(7-11)21-13(8-14(22)15(17,18)19)10-3-2-6-20-9-10/h1-9,21H/b13-8-. The number of rotatable bonds is 4. The van der Waals surface area contributed by atoms with Crippen LogP contribution in [0.25, 0.3) is 5.70 Å². The van der Waals surface area contributed by atoms with E-state index in [0.29, 0.717) is 17.3 Å². The molecule has 0 radical (unpaired) electrons. The fraction of sp³-hybridized carbons (Fsp3) is 0.0667. The minimum Gasteiger partial charge on any atom is -0.355 e. The first-order valence-corrected chi connectivity index (χ1v) is 6.91. The molecule has 0 atom stereocenters. The van der Waals surface area contributed by atoms with Crippen LogP contribution >= 0.6 is 15.9 Å². The second-order valence-corrected chi connectivity index (χ2v) is 5.21. The molecule has 2 rings (SSSR count). The van der Waals surface area contributed by atoms with Gasteiger partial charge in [-0.15, -0.1) is 0 Å². The molecular formula is C15H10BrF3N2O. The molecule has 0 amide bonds. The number of allylic oxidation sites excluding steroid dienone is 1. The molecular weight excluding hydrogens is 361 g/mol. The number of hydrogen-bond donors (Lipinski definition) is 1. The molecule has 1 aromatic heterocycles. The predicted octanol–water partition coefficient (Wildman–Crippen LogP) is 4.43. The highest BCUT2D eigenvalue weighted by molar-refractivity contribution is 9.10. The van der Waals surface area contributed by atoms with Crippen LogP contribution in [0.15, 0.2) is 59.3 Å². The molecule has 114 valence electrons. The first kappa shape index (κ1) is 16.2. The summed E-state index contributed by atoms with van der Waals surface area (Å²) in [5.74, 6) is -1.94. The minimum absolute atomic E-state index is 0.0218. The number of anilines is 1. The normalized spacial score (nSPS) is 12.1. The fourth-order valence-electron chi connectivity index (χ4n) is 1.65. The second kappa shape index (κ2) is 6.74. The molecule has 0 spiro atoms. The van der Waals surface area contributed by atoms with Crippen molar-refractivity contribution < 1.29 is 18.0 Å². The van der Waals surface area contributed by atoms with Crippen molar-refractivity contribution in [3.05, 3.63) is 64.9 Å². The summed E-state index contributed by atoms with van der Waals surface area (Å²) in [5, 5.41) is 2.81. The summed E-state index contributed by atoms with van der Waals surface area (Å²) >= 11 is 3.27. The molecule has 0 aliphatic rings. The monoisotopic (exact) mass is 370 g/mol. The van der Waals surface area contributed by atoms with Crippen LogP contribution in [-0.4, -0.2) is 16.9 Å². The molecule has 1 heterocycles. The number of aromatic nitrogens is 1. The quantitative estimate of drug-likeness (QED) is 0.809. The van der Waals surface area contributed by atoms with Gasteiger partial charge in [-0.05, 0) is 30.3 Å². The first-order valence-electron chi connectivity index (χ1n) is 6.12. The number of alkyl halides is 3. The molecule has 0 unspecified atom stereocenters. The van der Waals surface area contributed by atoms with Gasteiger partial charge in [-0.2, -0.15) is 13.2 Å². The van der Waals surface area contributed by atoms with E-state index in [1.165, 1.54) is 12.4 Å². The molecule has 1 aromatic carbocycles. The summed E-state index contributed by atoms with van der Waals surface area (Å²) in [6.45, 7) is 0. The van der Waals surface area contributed by atoms with E-state index in [1.54, 1.807) is 36.4 Å². The van der Waals surface area contributed by atoms with Gasteiger partial charge in [0, 0.05) is 34.2 Å². The van der Waals surface area contributed by atoms with Crippen molar-refractivity contribution in [2.45, 2.75) is 6.18 Å². The number of benzene rings is 1. The van der Waals surface area contributed by atoms with Crippen molar-refractivity contribution in [3.63, 3.8) is 0 Å². The highest BCUT2D eigenvalue weighted by Crippen LogP contribution is 2.24. The van der Waals surface area contributed by atoms with Crippen LogP contribution in [0.3, 0.4) is 0 Å². The van der Waals surface area contributed by atoms with Crippen molar-refractivity contribution in [2.24, 2.45) is 0 Å². The smallest absolute Gasteiger partial charge is 0.355 e. The number of nitrogens with one attached hydrogen (secondary N) is 1. The molecule has 0 aliphatic heterocycles. The summed E-state index contributed by atoms with van der Waals surface area (Å²) in [4.78, 5) is 15.1. The highest BCUT2D eigenvalue weighted by Gasteiger charge is 2.36. The molecule has 7 heteroatoms. The first-order chi connectivity index (χ1) is 10.4. The van der Waals surface area contributed by atoms with Crippen LogP contribution in [0.1, 0.15) is 5.56 Å². The number of pyridine rings is 1. The summed E-state index contributed by atoms with van der Waals surface area (Å²) < 4.78 is 38.2. The fourth-order valence-corrected chi connectivity index (χ4v) is 2.05. The van der Waals surface area contributed by atoms with Crippen LogP contribution < -0.4 is 5.32 Å². The van der Waals surface area contributed by atoms with Crippen molar-refractivity contribution in [3.8, 4) is 0 Å².